The van der Waals surface area contributed by atoms with Gasteiger partial charge in [-0.3, -0.25) is 9.69 Å². The topological polar surface area (TPSA) is 44.4 Å². The van der Waals surface area contributed by atoms with Crippen LogP contribution in [0.15, 0.2) is 24.3 Å². The van der Waals surface area contributed by atoms with Gasteiger partial charge in [-0.25, -0.2) is 0 Å². The van der Waals surface area contributed by atoms with Crippen LogP contribution in [0.1, 0.15) is 30.5 Å². The maximum Gasteiger partial charge on any atom is 0.223 e. The van der Waals surface area contributed by atoms with Crippen molar-refractivity contribution in [3.05, 3.63) is 35.4 Å². The number of rotatable bonds is 4. The van der Waals surface area contributed by atoms with E-state index in [1.807, 2.05) is 6.92 Å². The lowest BCUT2D eigenvalue weighted by atomic mass is 9.97. The molecular formula is C16H25N3O. The number of amides is 1. The number of hydrogen-bond acceptors (Lipinski definition) is 3. The van der Waals surface area contributed by atoms with E-state index in [1.54, 1.807) is 7.05 Å². The quantitative estimate of drug-likeness (QED) is 0.876. The van der Waals surface area contributed by atoms with E-state index < -0.39 is 0 Å². The van der Waals surface area contributed by atoms with Crippen LogP contribution in [0, 0.1) is 5.92 Å². The average Bonchev–Trinajstić information content (AvgIpc) is 2.68. The molecule has 1 aromatic carbocycles. The lowest BCUT2D eigenvalue weighted by molar-refractivity contribution is -0.124. The van der Waals surface area contributed by atoms with Crippen molar-refractivity contribution in [2.75, 3.05) is 27.2 Å². The number of nitrogens with zero attached hydrogens (tertiary/aromatic N) is 1. The fourth-order valence-corrected chi connectivity index (χ4v) is 2.98. The van der Waals surface area contributed by atoms with E-state index in [0.717, 1.165) is 26.1 Å². The van der Waals surface area contributed by atoms with Crippen molar-refractivity contribution in [3.63, 3.8) is 0 Å². The van der Waals surface area contributed by atoms with E-state index in [9.17, 15) is 4.79 Å². The van der Waals surface area contributed by atoms with Crippen LogP contribution >= 0.6 is 0 Å². The summed E-state index contributed by atoms with van der Waals surface area (Å²) < 4.78 is 0. The van der Waals surface area contributed by atoms with Gasteiger partial charge in [-0.05, 0) is 31.1 Å². The van der Waals surface area contributed by atoms with Crippen LogP contribution in [0.3, 0.4) is 0 Å². The van der Waals surface area contributed by atoms with E-state index in [2.05, 4.69) is 46.8 Å². The van der Waals surface area contributed by atoms with E-state index in [0.29, 0.717) is 6.04 Å². The van der Waals surface area contributed by atoms with Gasteiger partial charge in [0, 0.05) is 32.1 Å². The molecule has 2 rings (SSSR count). The summed E-state index contributed by atoms with van der Waals surface area (Å²) in [5.74, 6) is 0.116. The molecule has 0 bridgehead atoms. The minimum Gasteiger partial charge on any atom is -0.359 e. The smallest absolute Gasteiger partial charge is 0.223 e. The van der Waals surface area contributed by atoms with Crippen molar-refractivity contribution in [1.82, 2.24) is 15.5 Å². The molecule has 1 heterocycles. The monoisotopic (exact) mass is 275 g/mol. The summed E-state index contributed by atoms with van der Waals surface area (Å²) in [5, 5.41) is 6.20. The van der Waals surface area contributed by atoms with Crippen molar-refractivity contribution in [3.8, 4) is 0 Å². The number of fused-ring (bicyclic) bond motifs is 1. The molecule has 20 heavy (non-hydrogen) atoms. The molecule has 0 aliphatic carbocycles. The van der Waals surface area contributed by atoms with Crippen molar-refractivity contribution in [2.24, 2.45) is 5.92 Å². The Hall–Kier alpha value is -1.39. The Labute approximate surface area is 121 Å². The first-order valence-corrected chi connectivity index (χ1v) is 7.33. The van der Waals surface area contributed by atoms with E-state index in [-0.39, 0.29) is 11.8 Å². The number of hydrogen-bond donors (Lipinski definition) is 2. The second-order valence-electron chi connectivity index (χ2n) is 5.63. The summed E-state index contributed by atoms with van der Waals surface area (Å²) >= 11 is 0. The largest absolute Gasteiger partial charge is 0.359 e. The van der Waals surface area contributed by atoms with Gasteiger partial charge in [-0.1, -0.05) is 31.2 Å². The second-order valence-corrected chi connectivity index (χ2v) is 5.63. The lowest BCUT2D eigenvalue weighted by Gasteiger charge is -2.30. The predicted molar refractivity (Wildman–Crippen MR) is 81.4 cm³/mol. The Kier molecular flexibility index (Phi) is 5.15. The third kappa shape index (κ3) is 3.38. The molecule has 0 aromatic heterocycles. The van der Waals surface area contributed by atoms with Crippen LogP contribution in [0.2, 0.25) is 0 Å². The van der Waals surface area contributed by atoms with Gasteiger partial charge < -0.3 is 10.6 Å². The van der Waals surface area contributed by atoms with Gasteiger partial charge in [0.05, 0.1) is 0 Å². The Morgan fingerprint density at radius 1 is 1.50 bits per heavy atom. The van der Waals surface area contributed by atoms with E-state index in [4.69, 9.17) is 0 Å². The van der Waals surface area contributed by atoms with Gasteiger partial charge in [-0.15, -0.1) is 0 Å². The highest BCUT2D eigenvalue weighted by molar-refractivity contribution is 5.78. The summed E-state index contributed by atoms with van der Waals surface area (Å²) in [4.78, 5) is 14.0. The zero-order chi connectivity index (χ0) is 14.5. The fraction of sp³-hybridized carbons (Fsp3) is 0.562. The molecular weight excluding hydrogens is 250 g/mol. The van der Waals surface area contributed by atoms with Gasteiger partial charge >= 0.3 is 0 Å². The summed E-state index contributed by atoms with van der Waals surface area (Å²) in [6.45, 7) is 4.71. The van der Waals surface area contributed by atoms with Crippen LogP contribution in [0.4, 0.5) is 0 Å². The molecule has 1 amide bonds. The molecule has 2 unspecified atom stereocenters. The third-order valence-corrected chi connectivity index (χ3v) is 4.11. The molecule has 4 heteroatoms. The van der Waals surface area contributed by atoms with Gasteiger partial charge in [0.25, 0.3) is 0 Å². The molecule has 0 spiro atoms. The maximum absolute atomic E-state index is 11.7. The minimum absolute atomic E-state index is 0.00775. The van der Waals surface area contributed by atoms with Gasteiger partial charge in [0.2, 0.25) is 5.91 Å². The zero-order valence-corrected chi connectivity index (χ0v) is 12.6. The number of benzene rings is 1. The van der Waals surface area contributed by atoms with Crippen molar-refractivity contribution < 1.29 is 4.79 Å². The first kappa shape index (κ1) is 15.0. The minimum atomic E-state index is 0.00775. The molecule has 4 nitrogen and oxygen atoms in total. The SMILES string of the molecule is CNC(=O)C(C)CN(C)C1CCNCc2ccccc21. The van der Waals surface area contributed by atoms with Crippen molar-refractivity contribution in [2.45, 2.75) is 25.9 Å². The Morgan fingerprint density at radius 3 is 3.00 bits per heavy atom. The normalized spacial score (nSPS) is 20.1. The number of nitrogens with one attached hydrogen (secondary N) is 2. The van der Waals surface area contributed by atoms with Gasteiger partial charge in [0.1, 0.15) is 0 Å². The van der Waals surface area contributed by atoms with Gasteiger partial charge in [0.15, 0.2) is 0 Å². The Bertz CT molecular complexity index is 461. The molecule has 1 aromatic rings. The molecule has 0 radical (unpaired) electrons. The first-order chi connectivity index (χ1) is 9.63. The highest BCUT2D eigenvalue weighted by Crippen LogP contribution is 2.28. The summed E-state index contributed by atoms with van der Waals surface area (Å²) in [6.07, 6.45) is 1.08. The van der Waals surface area contributed by atoms with E-state index >= 15 is 0 Å². The molecule has 2 atom stereocenters. The van der Waals surface area contributed by atoms with Crippen LogP contribution in [0.5, 0.6) is 0 Å². The molecule has 0 saturated carbocycles. The fourth-order valence-electron chi connectivity index (χ4n) is 2.98. The molecule has 1 aliphatic rings. The lowest BCUT2D eigenvalue weighted by Crippen LogP contribution is -2.36. The van der Waals surface area contributed by atoms with Crippen molar-refractivity contribution >= 4 is 5.91 Å². The first-order valence-electron chi connectivity index (χ1n) is 7.33. The summed E-state index contributed by atoms with van der Waals surface area (Å²) in [5.41, 5.74) is 2.76. The summed E-state index contributed by atoms with van der Waals surface area (Å²) in [6, 6.07) is 8.99. The third-order valence-electron chi connectivity index (χ3n) is 4.11. The molecule has 110 valence electrons. The van der Waals surface area contributed by atoms with Crippen molar-refractivity contribution in [1.29, 1.82) is 0 Å². The van der Waals surface area contributed by atoms with Crippen LogP contribution in [-0.4, -0.2) is 38.0 Å². The van der Waals surface area contributed by atoms with Crippen LogP contribution < -0.4 is 10.6 Å². The Balaban J connectivity index is 2.13. The highest BCUT2D eigenvalue weighted by Gasteiger charge is 2.24. The molecule has 0 saturated heterocycles. The van der Waals surface area contributed by atoms with Crippen LogP contribution in [0.25, 0.3) is 0 Å². The molecule has 1 aliphatic heterocycles. The molecule has 2 N–H and O–H groups in total. The maximum atomic E-state index is 11.7. The average molecular weight is 275 g/mol. The van der Waals surface area contributed by atoms with E-state index in [1.165, 1.54) is 11.1 Å². The Morgan fingerprint density at radius 2 is 2.25 bits per heavy atom. The highest BCUT2D eigenvalue weighted by atomic mass is 16.1. The van der Waals surface area contributed by atoms with Gasteiger partial charge in [-0.2, -0.15) is 0 Å². The van der Waals surface area contributed by atoms with Crippen LogP contribution in [-0.2, 0) is 11.3 Å². The zero-order valence-electron chi connectivity index (χ0n) is 12.6. The second kappa shape index (κ2) is 6.86. The number of carbonyl (C=O) groups excluding carboxylic acids is 1. The predicted octanol–water partition coefficient (Wildman–Crippen LogP) is 1.53. The molecule has 0 fully saturated rings. The summed E-state index contributed by atoms with van der Waals surface area (Å²) in [7, 11) is 3.82. The standard InChI is InChI=1S/C16H25N3O/c1-12(16(20)17-2)11-19(3)15-8-9-18-10-13-6-4-5-7-14(13)15/h4-7,12,15,18H,8-11H2,1-3H3,(H,17,20). The number of carbonyl (C=O) groups is 1.